The maximum Gasteiger partial charge on any atom is 0.311 e. The third-order valence-electron chi connectivity index (χ3n) is 2.21. The van der Waals surface area contributed by atoms with Gasteiger partial charge in [-0.2, -0.15) is 0 Å². The first kappa shape index (κ1) is 14.5. The quantitative estimate of drug-likeness (QED) is 0.580. The van der Waals surface area contributed by atoms with Gasteiger partial charge in [0.2, 0.25) is 5.78 Å². The average Bonchev–Trinajstić information content (AvgIpc) is 2.37. The molecule has 0 aromatic heterocycles. The van der Waals surface area contributed by atoms with Crippen LogP contribution < -0.4 is 14.8 Å². The Balaban J connectivity index is 2.80. The predicted molar refractivity (Wildman–Crippen MR) is 65.4 cm³/mol. The van der Waals surface area contributed by atoms with Crippen LogP contribution in [0.5, 0.6) is 11.5 Å². The Labute approximate surface area is 109 Å². The topological polar surface area (TPSA) is 102 Å². The predicted octanol–water partition coefficient (Wildman–Crippen LogP) is 0.686. The molecule has 7 nitrogen and oxygen atoms in total. The molecule has 1 aromatic carbocycles. The molecule has 1 aromatic rings. The lowest BCUT2D eigenvalue weighted by molar-refractivity contribution is -0.144. The van der Waals surface area contributed by atoms with Gasteiger partial charge in [0, 0.05) is 11.8 Å². The van der Waals surface area contributed by atoms with E-state index in [2.05, 4.69) is 5.32 Å². The zero-order chi connectivity index (χ0) is 14.4. The number of anilines is 1. The zero-order valence-electron chi connectivity index (χ0n) is 10.4. The first-order chi connectivity index (χ1) is 8.97. The van der Waals surface area contributed by atoms with Gasteiger partial charge in [-0.05, 0) is 12.1 Å². The number of hydrogen-bond donors (Lipinski definition) is 2. The number of ketones is 1. The maximum atomic E-state index is 11.4. The van der Waals surface area contributed by atoms with E-state index in [1.165, 1.54) is 26.4 Å². The highest BCUT2D eigenvalue weighted by molar-refractivity contribution is 6.42. The Kier molecular flexibility index (Phi) is 4.87. The second-order valence-electron chi connectivity index (χ2n) is 3.52. The number of hydrogen-bond acceptors (Lipinski definition) is 5. The van der Waals surface area contributed by atoms with Gasteiger partial charge in [-0.15, -0.1) is 0 Å². The third-order valence-corrected chi connectivity index (χ3v) is 2.21. The molecule has 0 atom stereocenters. The van der Waals surface area contributed by atoms with E-state index >= 15 is 0 Å². The Morgan fingerprint density at radius 2 is 1.79 bits per heavy atom. The van der Waals surface area contributed by atoms with Gasteiger partial charge in [0.05, 0.1) is 14.2 Å². The summed E-state index contributed by atoms with van der Waals surface area (Å²) in [4.78, 5) is 32.9. The molecular weight excluding hydrogens is 254 g/mol. The van der Waals surface area contributed by atoms with Crippen molar-refractivity contribution >= 4 is 23.3 Å². The Morgan fingerprint density at radius 1 is 1.16 bits per heavy atom. The minimum Gasteiger partial charge on any atom is -0.493 e. The van der Waals surface area contributed by atoms with Crippen LogP contribution >= 0.6 is 0 Å². The van der Waals surface area contributed by atoms with Crippen LogP contribution in [-0.4, -0.2) is 37.0 Å². The first-order valence-corrected chi connectivity index (χ1v) is 5.26. The van der Waals surface area contributed by atoms with E-state index in [0.717, 1.165) is 0 Å². The monoisotopic (exact) mass is 267 g/mol. The molecule has 7 heteroatoms. The number of carboxylic acid groups (broad SMARTS) is 1. The van der Waals surface area contributed by atoms with Crippen LogP contribution in [0.25, 0.3) is 0 Å². The van der Waals surface area contributed by atoms with Gasteiger partial charge in [0.15, 0.2) is 11.5 Å². The molecule has 2 N–H and O–H groups in total. The summed E-state index contributed by atoms with van der Waals surface area (Å²) in [5.74, 6) is -2.52. The molecule has 0 fully saturated rings. The van der Waals surface area contributed by atoms with Gasteiger partial charge in [-0.25, -0.2) is 0 Å². The van der Waals surface area contributed by atoms with E-state index < -0.39 is 24.1 Å². The lowest BCUT2D eigenvalue weighted by Gasteiger charge is -2.09. The van der Waals surface area contributed by atoms with Crippen LogP contribution in [0.15, 0.2) is 18.2 Å². The molecule has 19 heavy (non-hydrogen) atoms. The van der Waals surface area contributed by atoms with Crippen molar-refractivity contribution in [3.05, 3.63) is 18.2 Å². The van der Waals surface area contributed by atoms with Crippen LogP contribution in [0.4, 0.5) is 5.69 Å². The van der Waals surface area contributed by atoms with E-state index in [0.29, 0.717) is 17.2 Å². The minimum atomic E-state index is -1.35. The van der Waals surface area contributed by atoms with Crippen molar-refractivity contribution in [3.8, 4) is 11.5 Å². The zero-order valence-corrected chi connectivity index (χ0v) is 10.4. The summed E-state index contributed by atoms with van der Waals surface area (Å²) < 4.78 is 10.0. The molecule has 0 heterocycles. The average molecular weight is 267 g/mol. The highest BCUT2D eigenvalue weighted by Gasteiger charge is 2.17. The number of carbonyl (C=O) groups excluding carboxylic acids is 2. The summed E-state index contributed by atoms with van der Waals surface area (Å²) in [5, 5.41) is 10.7. The summed E-state index contributed by atoms with van der Waals surface area (Å²) in [6.45, 7) is 0. The standard InChI is InChI=1S/C12H13NO6/c1-18-9-4-3-7(5-10(9)19-2)13-12(17)8(14)6-11(15)16/h3-5H,6H2,1-2H3,(H,13,17)(H,15,16). The number of carbonyl (C=O) groups is 3. The van der Waals surface area contributed by atoms with E-state index in [1.54, 1.807) is 6.07 Å². The van der Waals surface area contributed by atoms with Crippen molar-refractivity contribution in [1.29, 1.82) is 0 Å². The van der Waals surface area contributed by atoms with Crippen molar-refractivity contribution in [3.63, 3.8) is 0 Å². The lowest BCUT2D eigenvalue weighted by atomic mass is 10.2. The summed E-state index contributed by atoms with van der Waals surface area (Å²) in [5.41, 5.74) is 0.307. The van der Waals surface area contributed by atoms with Gasteiger partial charge < -0.3 is 19.9 Å². The Bertz CT molecular complexity index is 511. The fourth-order valence-corrected chi connectivity index (χ4v) is 1.33. The molecule has 0 aliphatic rings. The second-order valence-corrected chi connectivity index (χ2v) is 3.52. The Morgan fingerprint density at radius 3 is 2.32 bits per heavy atom. The molecule has 0 spiro atoms. The summed E-state index contributed by atoms with van der Waals surface area (Å²) in [7, 11) is 2.89. The number of carboxylic acids is 1. The van der Waals surface area contributed by atoms with E-state index in [9.17, 15) is 14.4 Å². The van der Waals surface area contributed by atoms with Crippen molar-refractivity contribution in [2.24, 2.45) is 0 Å². The molecule has 1 amide bonds. The number of aliphatic carboxylic acids is 1. The van der Waals surface area contributed by atoms with Gasteiger partial charge in [0.1, 0.15) is 6.42 Å². The number of benzene rings is 1. The van der Waals surface area contributed by atoms with E-state index in [-0.39, 0.29) is 0 Å². The number of amides is 1. The molecule has 0 aliphatic carbocycles. The SMILES string of the molecule is COc1ccc(NC(=O)C(=O)CC(=O)O)cc1OC. The maximum absolute atomic E-state index is 11.4. The molecular formula is C12H13NO6. The first-order valence-electron chi connectivity index (χ1n) is 5.26. The van der Waals surface area contributed by atoms with Crippen LogP contribution in [0.3, 0.4) is 0 Å². The molecule has 0 radical (unpaired) electrons. The second kappa shape index (κ2) is 6.39. The lowest BCUT2D eigenvalue weighted by Crippen LogP contribution is -2.24. The van der Waals surface area contributed by atoms with Crippen LogP contribution in [0.2, 0.25) is 0 Å². The van der Waals surface area contributed by atoms with Crippen molar-refractivity contribution in [2.75, 3.05) is 19.5 Å². The third kappa shape index (κ3) is 3.98. The summed E-state index contributed by atoms with van der Waals surface area (Å²) in [6.07, 6.45) is -0.848. The van der Waals surface area contributed by atoms with Crippen LogP contribution in [0.1, 0.15) is 6.42 Å². The van der Waals surface area contributed by atoms with Crippen LogP contribution in [0, 0.1) is 0 Å². The fraction of sp³-hybridized carbons (Fsp3) is 0.250. The summed E-state index contributed by atoms with van der Waals surface area (Å²) >= 11 is 0. The van der Waals surface area contributed by atoms with Gasteiger partial charge in [-0.3, -0.25) is 14.4 Å². The highest BCUT2D eigenvalue weighted by atomic mass is 16.5. The fourth-order valence-electron chi connectivity index (χ4n) is 1.33. The number of ether oxygens (including phenoxy) is 2. The van der Waals surface area contributed by atoms with Gasteiger partial charge in [0.25, 0.3) is 5.91 Å². The molecule has 0 saturated heterocycles. The van der Waals surface area contributed by atoms with E-state index in [4.69, 9.17) is 14.6 Å². The minimum absolute atomic E-state index is 0.307. The number of Topliss-reactive ketones (excluding diaryl/α,β-unsaturated/α-hetero) is 1. The Hall–Kier alpha value is -2.57. The molecule has 1 rings (SSSR count). The van der Waals surface area contributed by atoms with Gasteiger partial charge in [-0.1, -0.05) is 0 Å². The molecule has 0 bridgehead atoms. The molecule has 0 saturated carbocycles. The van der Waals surface area contributed by atoms with Crippen LogP contribution in [-0.2, 0) is 14.4 Å². The van der Waals surface area contributed by atoms with Crippen molar-refractivity contribution < 1.29 is 29.0 Å². The largest absolute Gasteiger partial charge is 0.493 e. The molecule has 102 valence electrons. The number of nitrogens with one attached hydrogen (secondary N) is 1. The molecule has 0 unspecified atom stereocenters. The van der Waals surface area contributed by atoms with Crippen molar-refractivity contribution in [2.45, 2.75) is 6.42 Å². The normalized spacial score (nSPS) is 9.58. The van der Waals surface area contributed by atoms with Gasteiger partial charge >= 0.3 is 5.97 Å². The highest BCUT2D eigenvalue weighted by Crippen LogP contribution is 2.29. The van der Waals surface area contributed by atoms with E-state index in [1.807, 2.05) is 0 Å². The smallest absolute Gasteiger partial charge is 0.311 e. The van der Waals surface area contributed by atoms with Crippen molar-refractivity contribution in [1.82, 2.24) is 0 Å². The summed E-state index contributed by atoms with van der Waals surface area (Å²) in [6, 6.07) is 4.52. The number of rotatable bonds is 6. The number of methoxy groups -OCH3 is 2. The molecule has 0 aliphatic heterocycles.